The summed E-state index contributed by atoms with van der Waals surface area (Å²) in [5.41, 5.74) is 1.25. The Kier molecular flexibility index (Phi) is 3.79. The van der Waals surface area contributed by atoms with Crippen molar-refractivity contribution in [1.29, 1.82) is 0 Å². The number of alkyl halides is 3. The van der Waals surface area contributed by atoms with E-state index in [0.29, 0.717) is 16.5 Å². The van der Waals surface area contributed by atoms with Crippen molar-refractivity contribution in [3.8, 4) is 0 Å². The number of carbonyl (C=O) groups is 1. The van der Waals surface area contributed by atoms with Crippen molar-refractivity contribution in [3.63, 3.8) is 0 Å². The zero-order valence-electron chi connectivity index (χ0n) is 12.2. The molecule has 2 heterocycles. The normalized spacial score (nSPS) is 19.3. The van der Waals surface area contributed by atoms with Crippen LogP contribution in [0.1, 0.15) is 16.1 Å². The summed E-state index contributed by atoms with van der Waals surface area (Å²) in [7, 11) is 0. The molecule has 3 rings (SSSR count). The fourth-order valence-electron chi connectivity index (χ4n) is 2.70. The van der Waals surface area contributed by atoms with E-state index in [2.05, 4.69) is 9.72 Å². The van der Waals surface area contributed by atoms with Crippen LogP contribution in [-0.4, -0.2) is 47.8 Å². The average molecular weight is 330 g/mol. The maximum atomic E-state index is 13.3. The minimum atomic E-state index is -4.52. The molecule has 8 heteroatoms. The number of morpholine rings is 1. The van der Waals surface area contributed by atoms with E-state index in [4.69, 9.17) is 0 Å². The molecule has 0 saturated carbocycles. The highest BCUT2D eigenvalue weighted by molar-refractivity contribution is 6.00. The van der Waals surface area contributed by atoms with E-state index in [0.717, 1.165) is 4.90 Å². The summed E-state index contributed by atoms with van der Waals surface area (Å²) >= 11 is 0. The second-order valence-electron chi connectivity index (χ2n) is 5.47. The lowest BCUT2D eigenvalue weighted by Gasteiger charge is -2.33. The first-order valence-electron chi connectivity index (χ1n) is 7.03. The molecule has 1 aromatic heterocycles. The van der Waals surface area contributed by atoms with Crippen molar-refractivity contribution in [2.24, 2.45) is 0 Å². The molecule has 4 nitrogen and oxygen atoms in total. The molecule has 0 bridgehead atoms. The lowest BCUT2D eigenvalue weighted by atomic mass is 10.1. The number of nitrogens with one attached hydrogen (secondary N) is 1. The predicted molar refractivity (Wildman–Crippen MR) is 74.7 cm³/mol. The van der Waals surface area contributed by atoms with E-state index in [1.165, 1.54) is 18.2 Å². The SMILES string of the molecule is Cc1c(C(=O)N2CCO[C@H](C(F)(F)F)C2)[nH]c2ccc(F)cc12. The molecule has 1 aliphatic heterocycles. The average Bonchev–Trinajstić information content (AvgIpc) is 2.83. The van der Waals surface area contributed by atoms with E-state index >= 15 is 0 Å². The van der Waals surface area contributed by atoms with Crippen LogP contribution in [0.4, 0.5) is 17.6 Å². The molecule has 1 saturated heterocycles. The van der Waals surface area contributed by atoms with Gasteiger partial charge in [-0.25, -0.2) is 4.39 Å². The molecular formula is C15H14F4N2O2. The van der Waals surface area contributed by atoms with Crippen molar-refractivity contribution in [2.45, 2.75) is 19.2 Å². The van der Waals surface area contributed by atoms with E-state index in [9.17, 15) is 22.4 Å². The quantitative estimate of drug-likeness (QED) is 0.817. The number of ether oxygens (including phenoxy) is 1. The molecule has 0 radical (unpaired) electrons. The van der Waals surface area contributed by atoms with Crippen LogP contribution in [0.15, 0.2) is 18.2 Å². The number of halogens is 4. The van der Waals surface area contributed by atoms with Gasteiger partial charge in [0.15, 0.2) is 6.10 Å². The van der Waals surface area contributed by atoms with Crippen LogP contribution in [0.3, 0.4) is 0 Å². The third-order valence-electron chi connectivity index (χ3n) is 3.95. The van der Waals surface area contributed by atoms with Gasteiger partial charge in [-0.15, -0.1) is 0 Å². The second-order valence-corrected chi connectivity index (χ2v) is 5.47. The molecule has 0 aliphatic carbocycles. The third kappa shape index (κ3) is 2.90. The van der Waals surface area contributed by atoms with Crippen molar-refractivity contribution in [1.82, 2.24) is 9.88 Å². The number of aromatic amines is 1. The van der Waals surface area contributed by atoms with Crippen LogP contribution in [0, 0.1) is 12.7 Å². The molecule has 23 heavy (non-hydrogen) atoms. The highest BCUT2D eigenvalue weighted by atomic mass is 19.4. The summed E-state index contributed by atoms with van der Waals surface area (Å²) in [5, 5.41) is 0.536. The zero-order chi connectivity index (χ0) is 16.8. The summed E-state index contributed by atoms with van der Waals surface area (Å²) in [6, 6.07) is 4.03. The Morgan fingerprint density at radius 1 is 1.39 bits per heavy atom. The largest absolute Gasteiger partial charge is 0.416 e. The van der Waals surface area contributed by atoms with Gasteiger partial charge in [-0.05, 0) is 30.7 Å². The van der Waals surface area contributed by atoms with Crippen LogP contribution >= 0.6 is 0 Å². The van der Waals surface area contributed by atoms with E-state index < -0.39 is 30.5 Å². The number of benzene rings is 1. The molecule has 124 valence electrons. The predicted octanol–water partition coefficient (Wildman–Crippen LogP) is 3.02. The smallest absolute Gasteiger partial charge is 0.365 e. The number of aromatic nitrogens is 1. The number of H-pyrrole nitrogens is 1. The molecule has 2 aromatic rings. The third-order valence-corrected chi connectivity index (χ3v) is 3.95. The van der Waals surface area contributed by atoms with Crippen LogP contribution in [0.5, 0.6) is 0 Å². The van der Waals surface area contributed by atoms with Crippen molar-refractivity contribution in [2.75, 3.05) is 19.7 Å². The number of hydrogen-bond acceptors (Lipinski definition) is 2. The van der Waals surface area contributed by atoms with Gasteiger partial charge >= 0.3 is 6.18 Å². The number of aryl methyl sites for hydroxylation is 1. The number of rotatable bonds is 1. The highest BCUT2D eigenvalue weighted by Gasteiger charge is 2.44. The Hall–Kier alpha value is -2.09. The van der Waals surface area contributed by atoms with Gasteiger partial charge < -0.3 is 14.6 Å². The van der Waals surface area contributed by atoms with Crippen LogP contribution in [0.2, 0.25) is 0 Å². The lowest BCUT2D eigenvalue weighted by Crippen LogP contribution is -2.51. The maximum Gasteiger partial charge on any atom is 0.416 e. The number of amides is 1. The second kappa shape index (κ2) is 5.52. The van der Waals surface area contributed by atoms with Gasteiger partial charge in [0.25, 0.3) is 5.91 Å². The molecule has 1 amide bonds. The molecule has 0 unspecified atom stereocenters. The summed E-state index contributed by atoms with van der Waals surface area (Å²) in [6.45, 7) is 0.983. The Morgan fingerprint density at radius 3 is 2.83 bits per heavy atom. The number of fused-ring (bicyclic) bond motifs is 1. The van der Waals surface area contributed by atoms with Gasteiger partial charge in [0.05, 0.1) is 13.2 Å². The molecule has 1 fully saturated rings. The first-order valence-corrected chi connectivity index (χ1v) is 7.03. The first kappa shape index (κ1) is 15.8. The molecular weight excluding hydrogens is 316 g/mol. The summed E-state index contributed by atoms with van der Waals surface area (Å²) in [5.74, 6) is -0.987. The lowest BCUT2D eigenvalue weighted by molar-refractivity contribution is -0.233. The Morgan fingerprint density at radius 2 is 2.13 bits per heavy atom. The minimum absolute atomic E-state index is 0.0780. The first-order chi connectivity index (χ1) is 10.8. The van der Waals surface area contributed by atoms with E-state index in [1.54, 1.807) is 6.92 Å². The van der Waals surface area contributed by atoms with Crippen LogP contribution < -0.4 is 0 Å². The van der Waals surface area contributed by atoms with Gasteiger partial charge in [-0.2, -0.15) is 13.2 Å². The summed E-state index contributed by atoms with van der Waals surface area (Å²) < 4.78 is 56.3. The number of carbonyl (C=O) groups excluding carboxylic acids is 1. The van der Waals surface area contributed by atoms with E-state index in [-0.39, 0.29) is 18.8 Å². The number of hydrogen-bond donors (Lipinski definition) is 1. The molecule has 0 spiro atoms. The molecule has 1 aromatic carbocycles. The molecule has 1 N–H and O–H groups in total. The Labute approximate surface area is 129 Å². The van der Waals surface area contributed by atoms with E-state index in [1.807, 2.05) is 0 Å². The minimum Gasteiger partial charge on any atom is -0.365 e. The summed E-state index contributed by atoms with van der Waals surface area (Å²) in [4.78, 5) is 16.5. The molecule has 1 atom stereocenters. The standard InChI is InChI=1S/C15H14F4N2O2/c1-8-10-6-9(16)2-3-11(10)20-13(8)14(22)21-4-5-23-12(7-21)15(17,18)19/h2-3,6,12,20H,4-5,7H2,1H3/t12-/m0/s1. The fraction of sp³-hybridized carbons (Fsp3) is 0.400. The summed E-state index contributed by atoms with van der Waals surface area (Å²) in [6.07, 6.45) is -6.50. The molecule has 1 aliphatic rings. The van der Waals surface area contributed by atoms with Gasteiger partial charge in [0.2, 0.25) is 0 Å². The number of nitrogens with zero attached hydrogens (tertiary/aromatic N) is 1. The van der Waals surface area contributed by atoms with Crippen LogP contribution in [-0.2, 0) is 4.74 Å². The van der Waals surface area contributed by atoms with Gasteiger partial charge in [-0.3, -0.25) is 4.79 Å². The maximum absolute atomic E-state index is 13.3. The van der Waals surface area contributed by atoms with Crippen molar-refractivity contribution >= 4 is 16.8 Å². The Bertz CT molecular complexity index is 754. The van der Waals surface area contributed by atoms with Gasteiger partial charge in [0.1, 0.15) is 11.5 Å². The Balaban J connectivity index is 1.90. The zero-order valence-corrected chi connectivity index (χ0v) is 12.2. The van der Waals surface area contributed by atoms with Gasteiger partial charge in [0, 0.05) is 17.4 Å². The monoisotopic (exact) mass is 330 g/mol. The van der Waals surface area contributed by atoms with Crippen LogP contribution in [0.25, 0.3) is 10.9 Å². The highest BCUT2D eigenvalue weighted by Crippen LogP contribution is 2.28. The van der Waals surface area contributed by atoms with Crippen molar-refractivity contribution in [3.05, 3.63) is 35.3 Å². The van der Waals surface area contributed by atoms with Crippen molar-refractivity contribution < 1.29 is 27.1 Å². The fourth-order valence-corrected chi connectivity index (χ4v) is 2.70. The van der Waals surface area contributed by atoms with Gasteiger partial charge in [-0.1, -0.05) is 0 Å². The topological polar surface area (TPSA) is 45.3 Å².